The van der Waals surface area contributed by atoms with Crippen LogP contribution in [-0.2, 0) is 15.0 Å². The first-order valence-corrected chi connectivity index (χ1v) is 12.5. The molecular formula is C31H30N2O4. The van der Waals surface area contributed by atoms with Gasteiger partial charge in [0.15, 0.2) is 11.5 Å². The summed E-state index contributed by atoms with van der Waals surface area (Å²) in [6.45, 7) is 8.22. The standard InChI is InChI=1S/C31H30N2O4/c1-4-21-16-19-25-29(35)33(32-23-17-14-20(3)15-18-23)30(36)31(25,22-10-7-6-8-11-22)27(21)24-12-9-13-26(28(24)34)37-5-2/h4,6-18,25,27,32,34H,1,5,19H2,2-3H3. The van der Waals surface area contributed by atoms with E-state index in [0.717, 1.165) is 16.1 Å². The number of carbonyl (C=O) groups is 2. The van der Waals surface area contributed by atoms with Gasteiger partial charge in [0, 0.05) is 11.5 Å². The van der Waals surface area contributed by atoms with Crippen molar-refractivity contribution in [3.8, 4) is 11.5 Å². The molecule has 6 heteroatoms. The number of nitrogens with zero attached hydrogens (tertiary/aromatic N) is 1. The predicted octanol–water partition coefficient (Wildman–Crippen LogP) is 5.65. The summed E-state index contributed by atoms with van der Waals surface area (Å²) in [5, 5.41) is 12.5. The second-order valence-electron chi connectivity index (χ2n) is 9.45. The molecule has 0 radical (unpaired) electrons. The maximum Gasteiger partial charge on any atom is 0.260 e. The number of anilines is 1. The van der Waals surface area contributed by atoms with Crippen molar-refractivity contribution in [1.29, 1.82) is 0 Å². The molecule has 1 heterocycles. The van der Waals surface area contributed by atoms with Crippen molar-refractivity contribution in [2.24, 2.45) is 5.92 Å². The Morgan fingerprint density at radius 3 is 2.49 bits per heavy atom. The van der Waals surface area contributed by atoms with Crippen LogP contribution >= 0.6 is 0 Å². The van der Waals surface area contributed by atoms with Crippen LogP contribution in [0, 0.1) is 12.8 Å². The molecule has 1 aliphatic carbocycles. The summed E-state index contributed by atoms with van der Waals surface area (Å²) in [6.07, 6.45) is 4.04. The van der Waals surface area contributed by atoms with Gasteiger partial charge in [-0.3, -0.25) is 15.0 Å². The fourth-order valence-corrected chi connectivity index (χ4v) is 5.77. The Morgan fingerprint density at radius 2 is 1.81 bits per heavy atom. The number of hydrogen-bond acceptors (Lipinski definition) is 5. The van der Waals surface area contributed by atoms with Gasteiger partial charge in [-0.05, 0) is 49.6 Å². The van der Waals surface area contributed by atoms with Crippen LogP contribution in [0.4, 0.5) is 5.69 Å². The Bertz CT molecular complexity index is 1380. The van der Waals surface area contributed by atoms with E-state index in [-0.39, 0.29) is 17.6 Å². The molecule has 2 amide bonds. The molecule has 1 fully saturated rings. The minimum Gasteiger partial charge on any atom is -0.504 e. The molecule has 1 aliphatic heterocycles. The minimum atomic E-state index is -1.30. The second kappa shape index (κ2) is 9.62. The normalized spacial score (nSPS) is 22.9. The van der Waals surface area contributed by atoms with Gasteiger partial charge in [-0.15, -0.1) is 0 Å². The predicted molar refractivity (Wildman–Crippen MR) is 143 cm³/mol. The first-order valence-electron chi connectivity index (χ1n) is 12.5. The lowest BCUT2D eigenvalue weighted by molar-refractivity contribution is -0.138. The molecule has 0 saturated carbocycles. The monoisotopic (exact) mass is 494 g/mol. The average molecular weight is 495 g/mol. The van der Waals surface area contributed by atoms with E-state index in [9.17, 15) is 14.7 Å². The highest BCUT2D eigenvalue weighted by Crippen LogP contribution is 2.59. The van der Waals surface area contributed by atoms with Crippen LogP contribution in [0.3, 0.4) is 0 Å². The van der Waals surface area contributed by atoms with Crippen LogP contribution in [0.25, 0.3) is 0 Å². The number of fused-ring (bicyclic) bond motifs is 1. The van der Waals surface area contributed by atoms with Gasteiger partial charge in [0.2, 0.25) is 0 Å². The first-order chi connectivity index (χ1) is 17.9. The average Bonchev–Trinajstić information content (AvgIpc) is 3.13. The van der Waals surface area contributed by atoms with Crippen LogP contribution in [0.2, 0.25) is 0 Å². The Labute approximate surface area is 216 Å². The van der Waals surface area contributed by atoms with Gasteiger partial charge in [-0.1, -0.05) is 78.9 Å². The van der Waals surface area contributed by atoms with E-state index >= 15 is 0 Å². The van der Waals surface area contributed by atoms with Crippen molar-refractivity contribution in [3.05, 3.63) is 114 Å². The number of allylic oxidation sites excluding steroid dienone is 3. The fraction of sp³-hybridized carbons (Fsp3) is 0.226. The molecule has 3 atom stereocenters. The Balaban J connectivity index is 1.73. The molecule has 3 unspecified atom stereocenters. The number of ether oxygens (including phenoxy) is 1. The molecule has 37 heavy (non-hydrogen) atoms. The molecule has 3 aromatic rings. The number of nitrogens with one attached hydrogen (secondary N) is 1. The molecule has 0 bridgehead atoms. The summed E-state index contributed by atoms with van der Waals surface area (Å²) in [4.78, 5) is 28.5. The molecular weight excluding hydrogens is 464 g/mol. The number of hydrazine groups is 1. The summed E-state index contributed by atoms with van der Waals surface area (Å²) in [7, 11) is 0. The van der Waals surface area contributed by atoms with Crippen LogP contribution in [0.15, 0.2) is 97.1 Å². The van der Waals surface area contributed by atoms with Crippen molar-refractivity contribution in [2.45, 2.75) is 31.6 Å². The van der Waals surface area contributed by atoms with Gasteiger partial charge in [0.1, 0.15) is 0 Å². The summed E-state index contributed by atoms with van der Waals surface area (Å²) < 4.78 is 5.67. The molecule has 0 aromatic heterocycles. The van der Waals surface area contributed by atoms with Crippen molar-refractivity contribution >= 4 is 17.5 Å². The lowest BCUT2D eigenvalue weighted by Crippen LogP contribution is -2.48. The van der Waals surface area contributed by atoms with Gasteiger partial charge >= 0.3 is 0 Å². The van der Waals surface area contributed by atoms with Crippen molar-refractivity contribution in [3.63, 3.8) is 0 Å². The highest BCUT2D eigenvalue weighted by Gasteiger charge is 2.66. The Kier molecular flexibility index (Phi) is 6.34. The first kappa shape index (κ1) is 24.4. The molecule has 5 rings (SSSR count). The second-order valence-corrected chi connectivity index (χ2v) is 9.45. The maximum atomic E-state index is 14.6. The number of benzene rings is 3. The minimum absolute atomic E-state index is 0.0387. The highest BCUT2D eigenvalue weighted by molar-refractivity contribution is 6.12. The molecule has 2 aliphatic rings. The SMILES string of the molecule is C=CC1=CCC2C(=O)N(Nc3ccc(C)cc3)C(=O)C2(c2ccccc2)C1c1cccc(OCC)c1O. The van der Waals surface area contributed by atoms with Crippen molar-refractivity contribution in [1.82, 2.24) is 5.01 Å². The third-order valence-electron chi connectivity index (χ3n) is 7.42. The summed E-state index contributed by atoms with van der Waals surface area (Å²) in [5.74, 6) is -1.72. The zero-order valence-corrected chi connectivity index (χ0v) is 21.0. The Morgan fingerprint density at radius 1 is 1.08 bits per heavy atom. The quantitative estimate of drug-likeness (QED) is 0.415. The molecule has 3 aromatic carbocycles. The zero-order valence-electron chi connectivity index (χ0n) is 21.0. The largest absolute Gasteiger partial charge is 0.504 e. The number of phenols is 1. The van der Waals surface area contributed by atoms with Crippen molar-refractivity contribution in [2.75, 3.05) is 12.0 Å². The number of carbonyl (C=O) groups excluding carboxylic acids is 2. The summed E-state index contributed by atoms with van der Waals surface area (Å²) >= 11 is 0. The van der Waals surface area contributed by atoms with Gasteiger partial charge in [-0.25, -0.2) is 0 Å². The van der Waals surface area contributed by atoms with Gasteiger partial charge in [-0.2, -0.15) is 5.01 Å². The molecule has 0 spiro atoms. The summed E-state index contributed by atoms with van der Waals surface area (Å²) in [6, 6.07) is 22.2. The van der Waals surface area contributed by atoms with E-state index in [0.29, 0.717) is 35.6 Å². The van der Waals surface area contributed by atoms with E-state index < -0.39 is 17.3 Å². The maximum absolute atomic E-state index is 14.6. The topological polar surface area (TPSA) is 78.9 Å². The summed E-state index contributed by atoms with van der Waals surface area (Å²) in [5.41, 5.74) is 5.50. The van der Waals surface area contributed by atoms with Crippen LogP contribution in [0.1, 0.15) is 36.0 Å². The fourth-order valence-electron chi connectivity index (χ4n) is 5.77. The van der Waals surface area contributed by atoms with E-state index in [1.54, 1.807) is 24.3 Å². The lowest BCUT2D eigenvalue weighted by Gasteiger charge is -2.43. The highest BCUT2D eigenvalue weighted by atomic mass is 16.5. The molecule has 6 nitrogen and oxygen atoms in total. The number of imide groups is 1. The van der Waals surface area contributed by atoms with Crippen LogP contribution in [-0.4, -0.2) is 28.5 Å². The van der Waals surface area contributed by atoms with Gasteiger partial charge in [0.05, 0.1) is 23.6 Å². The van der Waals surface area contributed by atoms with E-state index in [1.165, 1.54) is 0 Å². The van der Waals surface area contributed by atoms with Crippen LogP contribution < -0.4 is 10.2 Å². The zero-order chi connectivity index (χ0) is 26.2. The van der Waals surface area contributed by atoms with Gasteiger partial charge < -0.3 is 9.84 Å². The van der Waals surface area contributed by atoms with E-state index in [2.05, 4.69) is 12.0 Å². The van der Waals surface area contributed by atoms with E-state index in [1.807, 2.05) is 74.5 Å². The van der Waals surface area contributed by atoms with Gasteiger partial charge in [0.25, 0.3) is 11.8 Å². The number of aryl methyl sites for hydroxylation is 1. The Hall–Kier alpha value is -4.32. The van der Waals surface area contributed by atoms with E-state index in [4.69, 9.17) is 4.74 Å². The third-order valence-corrected chi connectivity index (χ3v) is 7.42. The number of amides is 2. The number of para-hydroxylation sites is 1. The lowest BCUT2D eigenvalue weighted by atomic mass is 9.56. The van der Waals surface area contributed by atoms with Crippen molar-refractivity contribution < 1.29 is 19.4 Å². The smallest absolute Gasteiger partial charge is 0.260 e. The number of hydrogen-bond donors (Lipinski definition) is 2. The number of aromatic hydroxyl groups is 1. The number of rotatable bonds is 7. The molecule has 2 N–H and O–H groups in total. The van der Waals surface area contributed by atoms with Crippen LogP contribution in [0.5, 0.6) is 11.5 Å². The number of phenolic OH excluding ortho intramolecular Hbond substituents is 1. The third kappa shape index (κ3) is 3.80. The molecule has 188 valence electrons. The molecule has 1 saturated heterocycles.